The van der Waals surface area contributed by atoms with Crippen molar-refractivity contribution in [3.05, 3.63) is 59.5 Å². The normalized spacial score (nSPS) is 16.8. The molecule has 0 bridgehead atoms. The number of nitrogen functional groups attached to an aromatic ring is 1. The van der Waals surface area contributed by atoms with Crippen LogP contribution in [0.4, 0.5) is 16.5 Å². The molecule has 4 rings (SSSR count). The van der Waals surface area contributed by atoms with Gasteiger partial charge in [0, 0.05) is 28.4 Å². The molecular weight excluding hydrogens is 290 g/mol. The van der Waals surface area contributed by atoms with Crippen molar-refractivity contribution in [3.8, 4) is 11.3 Å². The molecule has 2 aromatic carbocycles. The Kier molecular flexibility index (Phi) is 3.12. The second kappa shape index (κ2) is 5.14. The fourth-order valence-corrected chi connectivity index (χ4v) is 3.97. The summed E-state index contributed by atoms with van der Waals surface area (Å²) in [4.78, 5) is 7.19. The van der Waals surface area contributed by atoms with Crippen molar-refractivity contribution >= 4 is 27.8 Å². The Labute approximate surface area is 134 Å². The Morgan fingerprint density at radius 2 is 1.91 bits per heavy atom. The van der Waals surface area contributed by atoms with Crippen LogP contribution in [-0.4, -0.2) is 11.0 Å². The van der Waals surface area contributed by atoms with Crippen LogP contribution in [0, 0.1) is 0 Å². The molecule has 2 heterocycles. The van der Waals surface area contributed by atoms with E-state index in [0.29, 0.717) is 6.04 Å². The van der Waals surface area contributed by atoms with Crippen molar-refractivity contribution < 1.29 is 0 Å². The standard InChI is InChI=1S/C18H17N3S/c1-12-10-14-4-2-3-5-17(14)21(12)18-20-16(11-22-18)13-6-8-15(19)9-7-13/h2-9,11-12H,10,19H2,1H3. The summed E-state index contributed by atoms with van der Waals surface area (Å²) in [6.45, 7) is 2.25. The lowest BCUT2D eigenvalue weighted by atomic mass is 10.1. The Balaban J connectivity index is 1.71. The topological polar surface area (TPSA) is 42.2 Å². The lowest BCUT2D eigenvalue weighted by molar-refractivity contribution is 0.757. The molecular formula is C18H17N3S. The average Bonchev–Trinajstić information content (AvgIpc) is 3.11. The highest BCUT2D eigenvalue weighted by atomic mass is 32.1. The number of benzene rings is 2. The van der Waals surface area contributed by atoms with Crippen LogP contribution >= 0.6 is 11.3 Å². The van der Waals surface area contributed by atoms with Crippen LogP contribution in [0.15, 0.2) is 53.9 Å². The number of fused-ring (bicyclic) bond motifs is 1. The average molecular weight is 307 g/mol. The summed E-state index contributed by atoms with van der Waals surface area (Å²) >= 11 is 1.70. The molecule has 1 atom stereocenters. The van der Waals surface area contributed by atoms with Crippen molar-refractivity contribution in [1.29, 1.82) is 0 Å². The first-order valence-electron chi connectivity index (χ1n) is 7.41. The molecule has 110 valence electrons. The van der Waals surface area contributed by atoms with Crippen molar-refractivity contribution in [2.24, 2.45) is 0 Å². The zero-order valence-corrected chi connectivity index (χ0v) is 13.2. The minimum atomic E-state index is 0.447. The van der Waals surface area contributed by atoms with Crippen molar-refractivity contribution in [1.82, 2.24) is 4.98 Å². The first-order chi connectivity index (χ1) is 10.7. The SMILES string of the molecule is CC1Cc2ccccc2N1c1nc(-c2ccc(N)cc2)cs1. The molecule has 22 heavy (non-hydrogen) atoms. The summed E-state index contributed by atoms with van der Waals surface area (Å²) in [6.07, 6.45) is 1.08. The maximum atomic E-state index is 5.75. The van der Waals surface area contributed by atoms with Crippen molar-refractivity contribution in [2.75, 3.05) is 10.6 Å². The number of nitrogens with zero attached hydrogens (tertiary/aromatic N) is 2. The zero-order chi connectivity index (χ0) is 15.1. The van der Waals surface area contributed by atoms with Crippen LogP contribution in [-0.2, 0) is 6.42 Å². The zero-order valence-electron chi connectivity index (χ0n) is 12.4. The highest BCUT2D eigenvalue weighted by molar-refractivity contribution is 7.14. The molecule has 0 saturated heterocycles. The summed E-state index contributed by atoms with van der Waals surface area (Å²) in [5.74, 6) is 0. The summed E-state index contributed by atoms with van der Waals surface area (Å²) in [6, 6.07) is 16.9. The maximum absolute atomic E-state index is 5.75. The predicted molar refractivity (Wildman–Crippen MR) is 93.7 cm³/mol. The molecule has 0 amide bonds. The predicted octanol–water partition coefficient (Wildman–Crippen LogP) is 4.48. The third-order valence-corrected chi connectivity index (χ3v) is 4.95. The molecule has 0 radical (unpaired) electrons. The molecule has 0 saturated carbocycles. The van der Waals surface area contributed by atoms with E-state index in [1.54, 1.807) is 11.3 Å². The van der Waals surface area contributed by atoms with E-state index in [0.717, 1.165) is 28.5 Å². The highest BCUT2D eigenvalue weighted by Crippen LogP contribution is 2.40. The molecule has 1 aromatic heterocycles. The van der Waals surface area contributed by atoms with Gasteiger partial charge in [-0.3, -0.25) is 0 Å². The fourth-order valence-electron chi connectivity index (χ4n) is 3.02. The third kappa shape index (κ3) is 2.16. The van der Waals surface area contributed by atoms with Gasteiger partial charge >= 0.3 is 0 Å². The molecule has 2 N–H and O–H groups in total. The van der Waals surface area contributed by atoms with Gasteiger partial charge in [0.05, 0.1) is 5.69 Å². The molecule has 1 unspecified atom stereocenters. The minimum absolute atomic E-state index is 0.447. The van der Waals surface area contributed by atoms with Gasteiger partial charge in [0.2, 0.25) is 0 Å². The van der Waals surface area contributed by atoms with Gasteiger partial charge in [-0.2, -0.15) is 0 Å². The number of hydrogen-bond acceptors (Lipinski definition) is 4. The molecule has 3 nitrogen and oxygen atoms in total. The monoisotopic (exact) mass is 307 g/mol. The Hall–Kier alpha value is -2.33. The Morgan fingerprint density at radius 3 is 2.73 bits per heavy atom. The molecule has 1 aliphatic rings. The lowest BCUT2D eigenvalue weighted by Gasteiger charge is -2.21. The lowest BCUT2D eigenvalue weighted by Crippen LogP contribution is -2.23. The van der Waals surface area contributed by atoms with E-state index in [2.05, 4.69) is 41.5 Å². The number of rotatable bonds is 2. The number of anilines is 3. The minimum Gasteiger partial charge on any atom is -0.399 e. The van der Waals surface area contributed by atoms with E-state index in [1.165, 1.54) is 11.3 Å². The Bertz CT molecular complexity index is 807. The molecule has 4 heteroatoms. The van der Waals surface area contributed by atoms with Gasteiger partial charge < -0.3 is 10.6 Å². The van der Waals surface area contributed by atoms with Crippen LogP contribution < -0.4 is 10.6 Å². The van der Waals surface area contributed by atoms with E-state index in [9.17, 15) is 0 Å². The summed E-state index contributed by atoms with van der Waals surface area (Å²) in [5, 5.41) is 3.18. The van der Waals surface area contributed by atoms with Crippen LogP contribution in [0.5, 0.6) is 0 Å². The van der Waals surface area contributed by atoms with Gasteiger partial charge in [-0.15, -0.1) is 11.3 Å². The Morgan fingerprint density at radius 1 is 1.14 bits per heavy atom. The van der Waals surface area contributed by atoms with Gasteiger partial charge in [-0.05, 0) is 37.1 Å². The third-order valence-electron chi connectivity index (χ3n) is 4.11. The summed E-state index contributed by atoms with van der Waals surface area (Å²) in [5.41, 5.74) is 11.3. The molecule has 0 spiro atoms. The summed E-state index contributed by atoms with van der Waals surface area (Å²) in [7, 11) is 0. The molecule has 1 aliphatic heterocycles. The van der Waals surface area contributed by atoms with Gasteiger partial charge in [0.1, 0.15) is 0 Å². The van der Waals surface area contributed by atoms with Crippen molar-refractivity contribution in [3.63, 3.8) is 0 Å². The molecule has 3 aromatic rings. The molecule has 0 aliphatic carbocycles. The van der Waals surface area contributed by atoms with E-state index < -0.39 is 0 Å². The number of para-hydroxylation sites is 1. The highest BCUT2D eigenvalue weighted by Gasteiger charge is 2.28. The maximum Gasteiger partial charge on any atom is 0.190 e. The number of nitrogens with two attached hydrogens (primary N) is 1. The number of hydrogen-bond donors (Lipinski definition) is 1. The van der Waals surface area contributed by atoms with Crippen LogP contribution in [0.2, 0.25) is 0 Å². The first kappa shape index (κ1) is 13.3. The van der Waals surface area contributed by atoms with Crippen LogP contribution in [0.25, 0.3) is 11.3 Å². The van der Waals surface area contributed by atoms with Crippen molar-refractivity contribution in [2.45, 2.75) is 19.4 Å². The second-order valence-electron chi connectivity index (χ2n) is 5.69. The fraction of sp³-hybridized carbons (Fsp3) is 0.167. The van der Waals surface area contributed by atoms with Gasteiger partial charge in [-0.25, -0.2) is 4.98 Å². The van der Waals surface area contributed by atoms with E-state index in [-0.39, 0.29) is 0 Å². The molecule has 0 fully saturated rings. The smallest absolute Gasteiger partial charge is 0.190 e. The largest absolute Gasteiger partial charge is 0.399 e. The van der Waals surface area contributed by atoms with Gasteiger partial charge in [0.25, 0.3) is 0 Å². The van der Waals surface area contributed by atoms with Crippen LogP contribution in [0.1, 0.15) is 12.5 Å². The summed E-state index contributed by atoms with van der Waals surface area (Å²) < 4.78 is 0. The van der Waals surface area contributed by atoms with Gasteiger partial charge in [-0.1, -0.05) is 30.3 Å². The first-order valence-corrected chi connectivity index (χ1v) is 8.29. The van der Waals surface area contributed by atoms with E-state index in [1.807, 2.05) is 24.3 Å². The number of aromatic nitrogens is 1. The quantitative estimate of drug-likeness (QED) is 0.710. The van der Waals surface area contributed by atoms with E-state index >= 15 is 0 Å². The van der Waals surface area contributed by atoms with Crippen LogP contribution in [0.3, 0.4) is 0 Å². The second-order valence-corrected chi connectivity index (χ2v) is 6.53. The van der Waals surface area contributed by atoms with E-state index in [4.69, 9.17) is 10.7 Å². The van der Waals surface area contributed by atoms with Gasteiger partial charge in [0.15, 0.2) is 5.13 Å². The number of thiazole rings is 1.